The summed E-state index contributed by atoms with van der Waals surface area (Å²) >= 11 is 0. The summed E-state index contributed by atoms with van der Waals surface area (Å²) in [6.45, 7) is 4.84. The number of halogens is 3. The topological polar surface area (TPSA) is 36.4 Å². The number of piperidine rings is 1. The summed E-state index contributed by atoms with van der Waals surface area (Å²) < 4.78 is 39.7. The predicted molar refractivity (Wildman–Crippen MR) is 91.3 cm³/mol. The molecule has 1 amide bonds. The van der Waals surface area contributed by atoms with Crippen LogP contribution in [-0.4, -0.2) is 42.0 Å². The Morgan fingerprint density at radius 2 is 2.08 bits per heavy atom. The molecule has 0 N–H and O–H groups in total. The van der Waals surface area contributed by atoms with Crippen LogP contribution in [0.3, 0.4) is 0 Å². The molecule has 1 atom stereocenters. The number of carbonyl (C=O) groups is 1. The molecule has 1 aromatic rings. The monoisotopic (exact) mass is 357 g/mol. The Labute approximate surface area is 147 Å². The van der Waals surface area contributed by atoms with Crippen molar-refractivity contribution in [3.05, 3.63) is 23.9 Å². The van der Waals surface area contributed by atoms with Gasteiger partial charge in [-0.2, -0.15) is 13.2 Å². The Bertz CT molecular complexity index is 587. The van der Waals surface area contributed by atoms with Crippen molar-refractivity contribution >= 4 is 11.7 Å². The number of carbonyl (C=O) groups excluding carboxylic acids is 1. The van der Waals surface area contributed by atoms with Crippen molar-refractivity contribution in [2.45, 2.75) is 51.7 Å². The fourth-order valence-corrected chi connectivity index (χ4v) is 3.55. The van der Waals surface area contributed by atoms with Gasteiger partial charge in [0.05, 0.1) is 11.5 Å². The zero-order valence-electron chi connectivity index (χ0n) is 15.0. The fourth-order valence-electron chi connectivity index (χ4n) is 3.55. The normalized spacial score (nSPS) is 18.5. The first kappa shape index (κ1) is 19.5. The van der Waals surface area contributed by atoms with Crippen molar-refractivity contribution in [1.29, 1.82) is 0 Å². The van der Waals surface area contributed by atoms with Crippen LogP contribution in [0.15, 0.2) is 18.3 Å². The summed E-state index contributed by atoms with van der Waals surface area (Å²) in [5.41, 5.74) is -0.739. The summed E-state index contributed by atoms with van der Waals surface area (Å²) in [5, 5.41) is 0. The van der Waals surface area contributed by atoms with Gasteiger partial charge >= 0.3 is 6.18 Å². The van der Waals surface area contributed by atoms with Gasteiger partial charge in [0, 0.05) is 32.4 Å². The van der Waals surface area contributed by atoms with Gasteiger partial charge in [0.2, 0.25) is 5.91 Å². The highest BCUT2D eigenvalue weighted by atomic mass is 19.4. The second kappa shape index (κ2) is 8.06. The highest BCUT2D eigenvalue weighted by Crippen LogP contribution is 2.36. The quantitative estimate of drug-likeness (QED) is 0.800. The van der Waals surface area contributed by atoms with E-state index in [9.17, 15) is 18.0 Å². The summed E-state index contributed by atoms with van der Waals surface area (Å²) in [4.78, 5) is 20.1. The molecule has 0 radical (unpaired) electrons. The first-order chi connectivity index (χ1) is 11.8. The lowest BCUT2D eigenvalue weighted by atomic mass is 9.95. The number of hydrogen-bond acceptors (Lipinski definition) is 3. The number of aromatic nitrogens is 1. The molecule has 1 aromatic heterocycles. The van der Waals surface area contributed by atoms with Gasteiger partial charge in [-0.05, 0) is 37.8 Å². The number of pyridine rings is 1. The van der Waals surface area contributed by atoms with Crippen molar-refractivity contribution in [2.24, 2.45) is 5.92 Å². The molecular weight excluding hydrogens is 331 g/mol. The Morgan fingerprint density at radius 1 is 1.40 bits per heavy atom. The molecule has 1 saturated heterocycles. The van der Waals surface area contributed by atoms with Crippen LogP contribution in [-0.2, 0) is 11.0 Å². The van der Waals surface area contributed by atoms with Gasteiger partial charge < -0.3 is 9.80 Å². The molecule has 1 unspecified atom stereocenters. The summed E-state index contributed by atoms with van der Waals surface area (Å²) in [7, 11) is 1.79. The third-order valence-electron chi connectivity index (χ3n) is 5.00. The molecule has 1 aliphatic rings. The molecule has 140 valence electrons. The van der Waals surface area contributed by atoms with E-state index in [1.165, 1.54) is 12.3 Å². The number of nitrogens with zero attached hydrogens (tertiary/aromatic N) is 3. The van der Waals surface area contributed by atoms with Gasteiger partial charge in [-0.25, -0.2) is 4.98 Å². The summed E-state index contributed by atoms with van der Waals surface area (Å²) in [6, 6.07) is 2.51. The van der Waals surface area contributed by atoms with Gasteiger partial charge in [-0.1, -0.05) is 13.8 Å². The first-order valence-electron chi connectivity index (χ1n) is 8.83. The molecule has 25 heavy (non-hydrogen) atoms. The predicted octanol–water partition coefficient (Wildman–Crippen LogP) is 3.96. The lowest BCUT2D eigenvalue weighted by Crippen LogP contribution is -2.47. The third kappa shape index (κ3) is 4.44. The average molecular weight is 357 g/mol. The zero-order chi connectivity index (χ0) is 18.6. The van der Waals surface area contributed by atoms with Crippen LogP contribution in [0.5, 0.6) is 0 Å². The number of hydrogen-bond donors (Lipinski definition) is 0. The minimum absolute atomic E-state index is 0.0166. The minimum atomic E-state index is -4.45. The van der Waals surface area contributed by atoms with Crippen molar-refractivity contribution in [3.63, 3.8) is 0 Å². The SMILES string of the molecule is CCC(CC)N(C)C(=O)C1CCCN(c2ncccc2C(F)(F)F)C1. The van der Waals surface area contributed by atoms with Crippen molar-refractivity contribution < 1.29 is 18.0 Å². The van der Waals surface area contributed by atoms with Crippen LogP contribution < -0.4 is 4.90 Å². The molecule has 4 nitrogen and oxygen atoms in total. The van der Waals surface area contributed by atoms with Gasteiger partial charge in [0.25, 0.3) is 0 Å². The lowest BCUT2D eigenvalue weighted by molar-refractivity contribution is -0.137. The van der Waals surface area contributed by atoms with E-state index >= 15 is 0 Å². The molecular formula is C18H26F3N3O. The molecule has 7 heteroatoms. The van der Waals surface area contributed by atoms with E-state index < -0.39 is 11.7 Å². The Kier molecular flexibility index (Phi) is 6.30. The van der Waals surface area contributed by atoms with Crippen molar-refractivity contribution in [3.8, 4) is 0 Å². The first-order valence-corrected chi connectivity index (χ1v) is 8.83. The molecule has 0 spiro atoms. The second-order valence-electron chi connectivity index (χ2n) is 6.58. The minimum Gasteiger partial charge on any atom is -0.355 e. The summed E-state index contributed by atoms with van der Waals surface area (Å²) in [5.74, 6) is -0.344. The van der Waals surface area contributed by atoms with Crippen LogP contribution in [0.2, 0.25) is 0 Å². The maximum Gasteiger partial charge on any atom is 0.419 e. The number of alkyl halides is 3. The van der Waals surface area contributed by atoms with E-state index in [4.69, 9.17) is 0 Å². The van der Waals surface area contributed by atoms with E-state index in [0.29, 0.717) is 19.4 Å². The lowest BCUT2D eigenvalue weighted by Gasteiger charge is -2.37. The Morgan fingerprint density at radius 3 is 2.68 bits per heavy atom. The van der Waals surface area contributed by atoms with Crippen LogP contribution in [0, 0.1) is 5.92 Å². The third-order valence-corrected chi connectivity index (χ3v) is 5.00. The standard InChI is InChI=1S/C18H26F3N3O/c1-4-14(5-2)23(3)17(25)13-8-7-11-24(12-13)16-15(18(19,20)21)9-6-10-22-16/h6,9-10,13-14H,4-5,7-8,11-12H2,1-3H3. The number of amides is 1. The van der Waals surface area contributed by atoms with Crippen LogP contribution in [0.1, 0.15) is 45.1 Å². The van der Waals surface area contributed by atoms with E-state index in [0.717, 1.165) is 18.9 Å². The summed E-state index contributed by atoms with van der Waals surface area (Å²) in [6.07, 6.45) is 0.0372. The Hall–Kier alpha value is -1.79. The largest absolute Gasteiger partial charge is 0.419 e. The molecule has 0 aromatic carbocycles. The fraction of sp³-hybridized carbons (Fsp3) is 0.667. The van der Waals surface area contributed by atoms with E-state index in [2.05, 4.69) is 4.98 Å². The van der Waals surface area contributed by atoms with Crippen LogP contribution in [0.25, 0.3) is 0 Å². The van der Waals surface area contributed by atoms with Gasteiger partial charge in [-0.15, -0.1) is 0 Å². The van der Waals surface area contributed by atoms with E-state index in [-0.39, 0.29) is 30.2 Å². The van der Waals surface area contributed by atoms with Crippen molar-refractivity contribution in [2.75, 3.05) is 25.0 Å². The molecule has 0 bridgehead atoms. The van der Waals surface area contributed by atoms with Crippen molar-refractivity contribution in [1.82, 2.24) is 9.88 Å². The highest BCUT2D eigenvalue weighted by molar-refractivity contribution is 5.80. The number of rotatable bonds is 5. The van der Waals surface area contributed by atoms with Crippen LogP contribution >= 0.6 is 0 Å². The van der Waals surface area contributed by atoms with Gasteiger partial charge in [0.1, 0.15) is 5.82 Å². The maximum absolute atomic E-state index is 13.2. The number of anilines is 1. The highest BCUT2D eigenvalue weighted by Gasteiger charge is 2.38. The van der Waals surface area contributed by atoms with Crippen LogP contribution in [0.4, 0.5) is 19.0 Å². The van der Waals surface area contributed by atoms with E-state index in [1.54, 1.807) is 16.8 Å². The van der Waals surface area contributed by atoms with E-state index in [1.807, 2.05) is 13.8 Å². The molecule has 1 aliphatic heterocycles. The van der Waals surface area contributed by atoms with Gasteiger partial charge in [0.15, 0.2) is 0 Å². The Balaban J connectivity index is 2.18. The maximum atomic E-state index is 13.2. The molecule has 1 fully saturated rings. The zero-order valence-corrected chi connectivity index (χ0v) is 15.0. The average Bonchev–Trinajstić information content (AvgIpc) is 2.61. The molecule has 0 saturated carbocycles. The molecule has 2 rings (SSSR count). The second-order valence-corrected chi connectivity index (χ2v) is 6.58. The molecule has 0 aliphatic carbocycles. The van der Waals surface area contributed by atoms with Gasteiger partial charge in [-0.3, -0.25) is 4.79 Å². The molecule has 2 heterocycles. The smallest absolute Gasteiger partial charge is 0.355 e.